The average molecular weight is 302 g/mol. The topological polar surface area (TPSA) is 29.5 Å². The Balaban J connectivity index is 2.13. The van der Waals surface area contributed by atoms with Crippen molar-refractivity contribution in [3.8, 4) is 0 Å². The SMILES string of the molecule is COC[C@@H]1CCN(C(=O)c2cc(Cl)c(C)c(Cl)c2)C1. The Labute approximate surface area is 123 Å². The van der Waals surface area contributed by atoms with Crippen LogP contribution in [0.3, 0.4) is 0 Å². The molecular formula is C14H17Cl2NO2. The van der Waals surface area contributed by atoms with Crippen LogP contribution in [0.15, 0.2) is 12.1 Å². The monoisotopic (exact) mass is 301 g/mol. The molecule has 1 aromatic carbocycles. The lowest BCUT2D eigenvalue weighted by Gasteiger charge is -2.17. The summed E-state index contributed by atoms with van der Waals surface area (Å²) in [6.07, 6.45) is 0.979. The van der Waals surface area contributed by atoms with E-state index in [1.165, 1.54) is 0 Å². The van der Waals surface area contributed by atoms with Crippen LogP contribution < -0.4 is 0 Å². The number of rotatable bonds is 3. The van der Waals surface area contributed by atoms with Gasteiger partial charge in [0, 0.05) is 41.7 Å². The predicted molar refractivity (Wildman–Crippen MR) is 77.1 cm³/mol. The van der Waals surface area contributed by atoms with Crippen LogP contribution in [0.25, 0.3) is 0 Å². The number of benzene rings is 1. The lowest BCUT2D eigenvalue weighted by molar-refractivity contribution is 0.0775. The molecule has 1 aromatic rings. The number of carbonyl (C=O) groups excluding carboxylic acids is 1. The van der Waals surface area contributed by atoms with Crippen molar-refractivity contribution in [3.63, 3.8) is 0 Å². The van der Waals surface area contributed by atoms with Crippen molar-refractivity contribution in [2.75, 3.05) is 26.8 Å². The molecular weight excluding hydrogens is 285 g/mol. The quantitative estimate of drug-likeness (QED) is 0.856. The maximum atomic E-state index is 12.4. The first kappa shape index (κ1) is 14.6. The zero-order valence-electron chi connectivity index (χ0n) is 11.1. The fraction of sp³-hybridized carbons (Fsp3) is 0.500. The highest BCUT2D eigenvalue weighted by Crippen LogP contribution is 2.27. The maximum Gasteiger partial charge on any atom is 0.253 e. The molecule has 0 unspecified atom stereocenters. The third kappa shape index (κ3) is 3.22. The van der Waals surface area contributed by atoms with Gasteiger partial charge in [-0.1, -0.05) is 23.2 Å². The summed E-state index contributed by atoms with van der Waals surface area (Å²) in [6.45, 7) is 4.02. The molecule has 0 saturated carbocycles. The van der Waals surface area contributed by atoms with Crippen LogP contribution in [-0.2, 0) is 4.74 Å². The minimum atomic E-state index is -0.0117. The molecule has 1 fully saturated rings. The molecule has 1 saturated heterocycles. The van der Waals surface area contributed by atoms with Crippen LogP contribution in [-0.4, -0.2) is 37.6 Å². The summed E-state index contributed by atoms with van der Waals surface area (Å²) < 4.78 is 5.13. The summed E-state index contributed by atoms with van der Waals surface area (Å²) in [5, 5.41) is 1.06. The Kier molecular flexibility index (Phi) is 4.71. The molecule has 1 aliphatic rings. The number of halogens is 2. The van der Waals surface area contributed by atoms with Gasteiger partial charge in [0.2, 0.25) is 0 Å². The molecule has 2 rings (SSSR count). The Morgan fingerprint density at radius 2 is 2.05 bits per heavy atom. The zero-order valence-corrected chi connectivity index (χ0v) is 12.6. The first-order valence-corrected chi connectivity index (χ1v) is 7.02. The van der Waals surface area contributed by atoms with E-state index in [9.17, 15) is 4.79 Å². The van der Waals surface area contributed by atoms with Crippen LogP contribution >= 0.6 is 23.2 Å². The van der Waals surface area contributed by atoms with Crippen molar-refractivity contribution in [1.29, 1.82) is 0 Å². The Hall–Kier alpha value is -0.770. The number of likely N-dealkylation sites (tertiary alicyclic amines) is 1. The van der Waals surface area contributed by atoms with E-state index >= 15 is 0 Å². The number of hydrogen-bond donors (Lipinski definition) is 0. The van der Waals surface area contributed by atoms with Gasteiger partial charge in [0.15, 0.2) is 0 Å². The Bertz CT molecular complexity index is 467. The van der Waals surface area contributed by atoms with Crippen LogP contribution in [0.5, 0.6) is 0 Å². The third-order valence-electron chi connectivity index (χ3n) is 3.50. The second-order valence-electron chi connectivity index (χ2n) is 4.93. The highest BCUT2D eigenvalue weighted by Gasteiger charge is 2.27. The van der Waals surface area contributed by atoms with Gasteiger partial charge in [0.25, 0.3) is 5.91 Å². The molecule has 1 heterocycles. The highest BCUT2D eigenvalue weighted by molar-refractivity contribution is 6.36. The number of ether oxygens (including phenoxy) is 1. The van der Waals surface area contributed by atoms with Crippen LogP contribution in [0, 0.1) is 12.8 Å². The van der Waals surface area contributed by atoms with E-state index in [1.807, 2.05) is 11.8 Å². The highest BCUT2D eigenvalue weighted by atomic mass is 35.5. The molecule has 5 heteroatoms. The van der Waals surface area contributed by atoms with Gasteiger partial charge in [-0.15, -0.1) is 0 Å². The lowest BCUT2D eigenvalue weighted by atomic mass is 10.1. The van der Waals surface area contributed by atoms with E-state index in [0.29, 0.717) is 28.1 Å². The van der Waals surface area contributed by atoms with E-state index in [1.54, 1.807) is 19.2 Å². The van der Waals surface area contributed by atoms with E-state index < -0.39 is 0 Å². The van der Waals surface area contributed by atoms with Gasteiger partial charge >= 0.3 is 0 Å². The van der Waals surface area contributed by atoms with Gasteiger partial charge < -0.3 is 9.64 Å². The number of hydrogen-bond acceptors (Lipinski definition) is 2. The second-order valence-corrected chi connectivity index (χ2v) is 5.74. The molecule has 1 amide bonds. The van der Waals surface area contributed by atoms with E-state index in [-0.39, 0.29) is 5.91 Å². The Morgan fingerprint density at radius 3 is 2.63 bits per heavy atom. The molecule has 1 atom stereocenters. The van der Waals surface area contributed by atoms with Gasteiger partial charge in [-0.25, -0.2) is 0 Å². The molecule has 19 heavy (non-hydrogen) atoms. The summed E-state index contributed by atoms with van der Waals surface area (Å²) >= 11 is 12.1. The predicted octanol–water partition coefficient (Wildman–Crippen LogP) is 3.41. The summed E-state index contributed by atoms with van der Waals surface area (Å²) in [4.78, 5) is 14.2. The van der Waals surface area contributed by atoms with Crippen molar-refractivity contribution in [2.45, 2.75) is 13.3 Å². The minimum Gasteiger partial charge on any atom is -0.384 e. The van der Waals surface area contributed by atoms with E-state index in [2.05, 4.69) is 0 Å². The fourth-order valence-electron chi connectivity index (χ4n) is 2.34. The van der Waals surface area contributed by atoms with Gasteiger partial charge in [-0.2, -0.15) is 0 Å². The van der Waals surface area contributed by atoms with Crippen LogP contribution in [0.2, 0.25) is 10.0 Å². The van der Waals surface area contributed by atoms with Crippen molar-refractivity contribution < 1.29 is 9.53 Å². The number of nitrogens with zero attached hydrogens (tertiary/aromatic N) is 1. The summed E-state index contributed by atoms with van der Waals surface area (Å²) in [6, 6.07) is 3.38. The second kappa shape index (κ2) is 6.12. The molecule has 0 radical (unpaired) electrons. The average Bonchev–Trinajstić information content (AvgIpc) is 2.83. The molecule has 0 spiro atoms. The smallest absolute Gasteiger partial charge is 0.253 e. The number of amides is 1. The van der Waals surface area contributed by atoms with E-state index in [0.717, 1.165) is 25.1 Å². The van der Waals surface area contributed by atoms with Gasteiger partial charge in [0.1, 0.15) is 0 Å². The maximum absolute atomic E-state index is 12.4. The van der Waals surface area contributed by atoms with Crippen molar-refractivity contribution in [1.82, 2.24) is 4.90 Å². The first-order chi connectivity index (χ1) is 9.02. The minimum absolute atomic E-state index is 0.0117. The number of methoxy groups -OCH3 is 1. The van der Waals surface area contributed by atoms with Crippen LogP contribution in [0.4, 0.5) is 0 Å². The largest absolute Gasteiger partial charge is 0.384 e. The van der Waals surface area contributed by atoms with Gasteiger partial charge in [-0.05, 0) is 31.0 Å². The molecule has 0 bridgehead atoms. The molecule has 1 aliphatic heterocycles. The van der Waals surface area contributed by atoms with Crippen LogP contribution in [0.1, 0.15) is 22.3 Å². The third-order valence-corrected chi connectivity index (χ3v) is 4.29. The molecule has 0 N–H and O–H groups in total. The normalized spacial score (nSPS) is 18.9. The Morgan fingerprint density at radius 1 is 1.42 bits per heavy atom. The summed E-state index contributed by atoms with van der Waals surface area (Å²) in [5.41, 5.74) is 1.36. The summed E-state index contributed by atoms with van der Waals surface area (Å²) in [7, 11) is 1.68. The van der Waals surface area contributed by atoms with Crippen molar-refractivity contribution in [2.24, 2.45) is 5.92 Å². The lowest BCUT2D eigenvalue weighted by Crippen LogP contribution is -2.29. The van der Waals surface area contributed by atoms with Crippen molar-refractivity contribution in [3.05, 3.63) is 33.3 Å². The standard InChI is InChI=1S/C14H17Cl2NO2/c1-9-12(15)5-11(6-13(9)16)14(18)17-4-3-10(7-17)8-19-2/h5-6,10H,3-4,7-8H2,1-2H3/t10-/m1/s1. The van der Waals surface area contributed by atoms with Gasteiger partial charge in [0.05, 0.1) is 6.61 Å². The summed E-state index contributed by atoms with van der Waals surface area (Å²) in [5.74, 6) is 0.410. The fourth-order valence-corrected chi connectivity index (χ4v) is 2.83. The molecule has 0 aliphatic carbocycles. The zero-order chi connectivity index (χ0) is 14.0. The first-order valence-electron chi connectivity index (χ1n) is 6.26. The van der Waals surface area contributed by atoms with Crippen molar-refractivity contribution >= 4 is 29.1 Å². The molecule has 3 nitrogen and oxygen atoms in total. The molecule has 104 valence electrons. The molecule has 0 aromatic heterocycles. The number of carbonyl (C=O) groups is 1. The van der Waals surface area contributed by atoms with Gasteiger partial charge in [-0.3, -0.25) is 4.79 Å². The van der Waals surface area contributed by atoms with E-state index in [4.69, 9.17) is 27.9 Å².